The Hall–Kier alpha value is -1.69. The molecule has 2 aromatic rings. The molecule has 0 saturated heterocycles. The summed E-state index contributed by atoms with van der Waals surface area (Å²) in [4.78, 5) is 12.8. The second kappa shape index (κ2) is 6.90. The van der Waals surface area contributed by atoms with Gasteiger partial charge in [0.1, 0.15) is 5.01 Å². The molecule has 0 unspecified atom stereocenters. The second-order valence-electron chi connectivity index (χ2n) is 8.06. The number of hydrogen-bond donors (Lipinski definition) is 1. The average Bonchev–Trinajstić information content (AvgIpc) is 3.13. The molecule has 6 heteroatoms. The molecule has 2 aromatic heterocycles. The highest BCUT2D eigenvalue weighted by atomic mass is 32.1. The van der Waals surface area contributed by atoms with Crippen molar-refractivity contribution in [3.63, 3.8) is 0 Å². The minimum Gasteiger partial charge on any atom is -0.345 e. The summed E-state index contributed by atoms with van der Waals surface area (Å²) in [7, 11) is 0. The maximum atomic E-state index is 12.8. The lowest BCUT2D eigenvalue weighted by Gasteiger charge is -2.26. The quantitative estimate of drug-likeness (QED) is 0.837. The molecular formula is C19H28N4OS. The van der Waals surface area contributed by atoms with Gasteiger partial charge in [-0.15, -0.1) is 10.2 Å². The number of nitrogens with one attached hydrogen (secondary N) is 1. The number of carbonyl (C=O) groups is 1. The lowest BCUT2D eigenvalue weighted by molar-refractivity contribution is 0.102. The van der Waals surface area contributed by atoms with E-state index in [2.05, 4.69) is 54.7 Å². The summed E-state index contributed by atoms with van der Waals surface area (Å²) < 4.78 is 2.36. The van der Waals surface area contributed by atoms with Gasteiger partial charge in [-0.25, -0.2) is 0 Å². The van der Waals surface area contributed by atoms with Crippen molar-refractivity contribution in [3.8, 4) is 0 Å². The molecular weight excluding hydrogens is 332 g/mol. The van der Waals surface area contributed by atoms with Gasteiger partial charge >= 0.3 is 0 Å². The largest absolute Gasteiger partial charge is 0.345 e. The molecule has 1 N–H and O–H groups in total. The summed E-state index contributed by atoms with van der Waals surface area (Å²) in [5.41, 5.74) is 2.91. The molecule has 3 rings (SSSR count). The molecule has 1 saturated carbocycles. The zero-order valence-corrected chi connectivity index (χ0v) is 16.7. The van der Waals surface area contributed by atoms with Crippen LogP contribution in [0.2, 0.25) is 0 Å². The first-order chi connectivity index (χ1) is 11.8. The summed E-state index contributed by atoms with van der Waals surface area (Å²) in [5, 5.41) is 12.7. The standard InChI is InChI=1S/C19H28N4OS/c1-12-11-15(13(2)23(12)14-9-7-6-8-10-14)16(24)20-18-22-21-17(25-18)19(3,4)5/h11,14H,6-10H2,1-5H3,(H,20,22,24). The Morgan fingerprint density at radius 2 is 1.88 bits per heavy atom. The molecule has 5 nitrogen and oxygen atoms in total. The number of hydrogen-bond acceptors (Lipinski definition) is 4. The first-order valence-corrected chi connectivity index (χ1v) is 9.93. The van der Waals surface area contributed by atoms with Crippen LogP contribution in [-0.2, 0) is 5.41 Å². The fourth-order valence-corrected chi connectivity index (χ4v) is 4.45. The van der Waals surface area contributed by atoms with Crippen molar-refractivity contribution in [2.75, 3.05) is 5.32 Å². The fourth-order valence-electron chi connectivity index (χ4n) is 3.65. The summed E-state index contributed by atoms with van der Waals surface area (Å²) in [6.45, 7) is 10.4. The van der Waals surface area contributed by atoms with Crippen LogP contribution >= 0.6 is 11.3 Å². The zero-order valence-electron chi connectivity index (χ0n) is 15.8. The van der Waals surface area contributed by atoms with E-state index in [1.54, 1.807) is 0 Å². The Bertz CT molecular complexity index is 763. The third-order valence-corrected chi connectivity index (χ3v) is 6.22. The van der Waals surface area contributed by atoms with Crippen LogP contribution in [0, 0.1) is 13.8 Å². The van der Waals surface area contributed by atoms with Gasteiger partial charge in [0.15, 0.2) is 0 Å². The molecule has 0 radical (unpaired) electrons. The van der Waals surface area contributed by atoms with Crippen LogP contribution < -0.4 is 5.32 Å². The predicted octanol–water partition coefficient (Wildman–Crippen LogP) is 5.01. The first kappa shape index (κ1) is 18.1. The Labute approximate surface area is 153 Å². The maximum absolute atomic E-state index is 12.8. The molecule has 25 heavy (non-hydrogen) atoms. The van der Waals surface area contributed by atoms with E-state index in [-0.39, 0.29) is 11.3 Å². The molecule has 0 bridgehead atoms. The third kappa shape index (κ3) is 3.78. The van der Waals surface area contributed by atoms with Gasteiger partial charge < -0.3 is 4.57 Å². The Balaban J connectivity index is 1.79. The molecule has 1 aliphatic carbocycles. The van der Waals surface area contributed by atoms with Crippen LogP contribution in [0.15, 0.2) is 6.07 Å². The third-order valence-electron chi connectivity index (χ3n) is 4.96. The van der Waals surface area contributed by atoms with Gasteiger partial charge in [0.2, 0.25) is 5.13 Å². The number of rotatable bonds is 3. The Kier molecular flexibility index (Phi) is 5.00. The lowest BCUT2D eigenvalue weighted by atomic mass is 9.95. The molecule has 1 aliphatic rings. The van der Waals surface area contributed by atoms with Crippen LogP contribution in [0.1, 0.15) is 85.7 Å². The minimum absolute atomic E-state index is 0.0581. The molecule has 1 amide bonds. The van der Waals surface area contributed by atoms with Crippen molar-refractivity contribution in [3.05, 3.63) is 28.0 Å². The zero-order chi connectivity index (χ0) is 18.2. The molecule has 0 aliphatic heterocycles. The number of amides is 1. The van der Waals surface area contributed by atoms with E-state index in [1.807, 2.05) is 6.07 Å². The summed E-state index contributed by atoms with van der Waals surface area (Å²) in [6.07, 6.45) is 6.31. The van der Waals surface area contributed by atoms with Gasteiger partial charge in [-0.1, -0.05) is 51.4 Å². The summed E-state index contributed by atoms with van der Waals surface area (Å²) in [5.74, 6) is -0.0910. The minimum atomic E-state index is -0.0910. The number of aromatic nitrogens is 3. The van der Waals surface area contributed by atoms with Crippen LogP contribution in [0.25, 0.3) is 0 Å². The number of carbonyl (C=O) groups excluding carboxylic acids is 1. The maximum Gasteiger partial charge on any atom is 0.259 e. The Morgan fingerprint density at radius 1 is 1.20 bits per heavy atom. The average molecular weight is 361 g/mol. The van der Waals surface area contributed by atoms with E-state index in [4.69, 9.17) is 0 Å². The summed E-state index contributed by atoms with van der Waals surface area (Å²) >= 11 is 1.45. The van der Waals surface area contributed by atoms with Gasteiger partial charge in [0.05, 0.1) is 5.56 Å². The van der Waals surface area contributed by atoms with Crippen molar-refractivity contribution in [2.24, 2.45) is 0 Å². The van der Waals surface area contributed by atoms with Gasteiger partial charge in [-0.05, 0) is 32.8 Å². The first-order valence-electron chi connectivity index (χ1n) is 9.11. The summed E-state index contributed by atoms with van der Waals surface area (Å²) in [6, 6.07) is 2.54. The van der Waals surface area contributed by atoms with Crippen molar-refractivity contribution in [1.29, 1.82) is 0 Å². The highest BCUT2D eigenvalue weighted by Gasteiger charge is 2.24. The highest BCUT2D eigenvalue weighted by Crippen LogP contribution is 2.33. The van der Waals surface area contributed by atoms with Crippen LogP contribution in [-0.4, -0.2) is 20.7 Å². The Morgan fingerprint density at radius 3 is 2.48 bits per heavy atom. The normalized spacial score (nSPS) is 16.2. The van der Waals surface area contributed by atoms with Crippen molar-refractivity contribution < 1.29 is 4.79 Å². The van der Waals surface area contributed by atoms with E-state index in [1.165, 1.54) is 49.1 Å². The SMILES string of the molecule is Cc1cc(C(=O)Nc2nnc(C(C)(C)C)s2)c(C)n1C1CCCCC1. The van der Waals surface area contributed by atoms with Gasteiger partial charge in [0.25, 0.3) is 5.91 Å². The monoisotopic (exact) mass is 360 g/mol. The molecule has 2 heterocycles. The van der Waals surface area contributed by atoms with Gasteiger partial charge in [0, 0.05) is 22.8 Å². The second-order valence-corrected chi connectivity index (χ2v) is 9.04. The highest BCUT2D eigenvalue weighted by molar-refractivity contribution is 7.15. The topological polar surface area (TPSA) is 59.8 Å². The van der Waals surface area contributed by atoms with Gasteiger partial charge in [-0.3, -0.25) is 10.1 Å². The van der Waals surface area contributed by atoms with Crippen molar-refractivity contribution >= 4 is 22.4 Å². The molecule has 0 atom stereocenters. The van der Waals surface area contributed by atoms with E-state index < -0.39 is 0 Å². The molecule has 1 fully saturated rings. The lowest BCUT2D eigenvalue weighted by Crippen LogP contribution is -2.17. The van der Waals surface area contributed by atoms with Crippen molar-refractivity contribution in [2.45, 2.75) is 78.2 Å². The van der Waals surface area contributed by atoms with Crippen molar-refractivity contribution in [1.82, 2.24) is 14.8 Å². The van der Waals surface area contributed by atoms with E-state index >= 15 is 0 Å². The number of anilines is 1. The number of nitrogens with zero attached hydrogens (tertiary/aromatic N) is 3. The fraction of sp³-hybridized carbons (Fsp3) is 0.632. The van der Waals surface area contributed by atoms with E-state index in [0.29, 0.717) is 11.2 Å². The molecule has 0 spiro atoms. The molecule has 136 valence electrons. The van der Waals surface area contributed by atoms with E-state index in [0.717, 1.165) is 16.3 Å². The van der Waals surface area contributed by atoms with Crippen LogP contribution in [0.3, 0.4) is 0 Å². The smallest absolute Gasteiger partial charge is 0.259 e. The predicted molar refractivity (Wildman–Crippen MR) is 103 cm³/mol. The van der Waals surface area contributed by atoms with Crippen LogP contribution in [0.5, 0.6) is 0 Å². The van der Waals surface area contributed by atoms with Gasteiger partial charge in [-0.2, -0.15) is 0 Å². The van der Waals surface area contributed by atoms with E-state index in [9.17, 15) is 4.79 Å². The van der Waals surface area contributed by atoms with Crippen LogP contribution in [0.4, 0.5) is 5.13 Å². The number of aryl methyl sites for hydroxylation is 1. The molecule has 0 aromatic carbocycles.